The molecule has 0 fully saturated rings. The van der Waals surface area contributed by atoms with E-state index >= 15 is 0 Å². The van der Waals surface area contributed by atoms with Crippen LogP contribution in [0.3, 0.4) is 0 Å². The van der Waals surface area contributed by atoms with Gasteiger partial charge in [0, 0.05) is 39.3 Å². The van der Waals surface area contributed by atoms with E-state index in [-0.39, 0.29) is 12.2 Å². The van der Waals surface area contributed by atoms with Crippen LogP contribution in [-0.4, -0.2) is 28.8 Å². The van der Waals surface area contributed by atoms with Gasteiger partial charge in [0.15, 0.2) is 4.80 Å². The summed E-state index contributed by atoms with van der Waals surface area (Å²) in [5, 5.41) is 2.16. The Balaban J connectivity index is 1.50. The number of ether oxygens (including phenoxy) is 2. The second-order valence-corrected chi connectivity index (χ2v) is 11.9. The standard InChI is InChI=1S/C33H27Cl2N3O4S/c1-4-42-32(40)29-19(2)36-33-38(30(29)20-10-13-24(41-3)14-11-20)31(39)28(43-33)15-22-18-37(27-8-6-5-7-25(22)27)17-21-9-12-23(34)16-26(21)35/h5-16,18,30H,4,17H2,1-3H3/b28-15-. The number of nitrogens with zero attached hydrogens (tertiary/aromatic N) is 3. The summed E-state index contributed by atoms with van der Waals surface area (Å²) in [6.07, 6.45) is 3.91. The predicted octanol–water partition coefficient (Wildman–Crippen LogP) is 6.12. The fourth-order valence-electron chi connectivity index (χ4n) is 5.39. The summed E-state index contributed by atoms with van der Waals surface area (Å²) in [7, 11) is 1.59. The number of rotatable bonds is 7. The van der Waals surface area contributed by atoms with E-state index in [1.165, 1.54) is 11.3 Å². The number of aromatic nitrogens is 2. The second-order valence-electron chi connectivity index (χ2n) is 10.0. The fraction of sp³-hybridized carbons (Fsp3) is 0.182. The SMILES string of the molecule is CCOC(=O)C1=C(C)N=c2s/c(=C\c3cn(Cc4ccc(Cl)cc4Cl)c4ccccc34)c(=O)n2C1c1ccc(OC)cc1. The minimum absolute atomic E-state index is 0.209. The number of benzene rings is 3. The molecule has 3 aromatic carbocycles. The molecule has 0 aliphatic carbocycles. The maximum Gasteiger partial charge on any atom is 0.338 e. The van der Waals surface area contributed by atoms with E-state index < -0.39 is 12.0 Å². The zero-order valence-electron chi connectivity index (χ0n) is 23.6. The molecular weight excluding hydrogens is 605 g/mol. The lowest BCUT2D eigenvalue weighted by molar-refractivity contribution is -0.139. The summed E-state index contributed by atoms with van der Waals surface area (Å²) in [4.78, 5) is 32.5. The molecule has 10 heteroatoms. The van der Waals surface area contributed by atoms with Crippen LogP contribution in [0.2, 0.25) is 10.0 Å². The third-order valence-electron chi connectivity index (χ3n) is 7.41. The molecular formula is C33H27Cl2N3O4S. The highest BCUT2D eigenvalue weighted by Gasteiger charge is 2.33. The van der Waals surface area contributed by atoms with Gasteiger partial charge in [0.1, 0.15) is 5.75 Å². The van der Waals surface area contributed by atoms with Crippen molar-refractivity contribution in [2.24, 2.45) is 4.99 Å². The number of carbonyl (C=O) groups is 1. The molecule has 0 spiro atoms. The van der Waals surface area contributed by atoms with Crippen molar-refractivity contribution in [1.29, 1.82) is 0 Å². The number of hydrogen-bond acceptors (Lipinski definition) is 6. The van der Waals surface area contributed by atoms with Crippen LogP contribution >= 0.6 is 34.5 Å². The van der Waals surface area contributed by atoms with E-state index in [9.17, 15) is 9.59 Å². The van der Waals surface area contributed by atoms with Crippen molar-refractivity contribution in [2.45, 2.75) is 26.4 Å². The molecule has 0 saturated heterocycles. The Bertz CT molecular complexity index is 2090. The van der Waals surface area contributed by atoms with Gasteiger partial charge >= 0.3 is 5.97 Å². The molecule has 0 amide bonds. The highest BCUT2D eigenvalue weighted by Crippen LogP contribution is 2.32. The molecule has 43 heavy (non-hydrogen) atoms. The van der Waals surface area contributed by atoms with Gasteiger partial charge in [0.2, 0.25) is 0 Å². The van der Waals surface area contributed by atoms with Gasteiger partial charge in [-0.15, -0.1) is 0 Å². The fourth-order valence-corrected chi connectivity index (χ4v) is 6.89. The van der Waals surface area contributed by atoms with E-state index in [0.717, 1.165) is 27.6 Å². The highest BCUT2D eigenvalue weighted by molar-refractivity contribution is 7.07. The van der Waals surface area contributed by atoms with Crippen molar-refractivity contribution in [3.05, 3.63) is 131 Å². The minimum atomic E-state index is -0.697. The van der Waals surface area contributed by atoms with E-state index in [1.54, 1.807) is 31.6 Å². The quantitative estimate of drug-likeness (QED) is 0.203. The normalized spacial score (nSPS) is 15.0. The van der Waals surface area contributed by atoms with Crippen LogP contribution in [0.4, 0.5) is 0 Å². The van der Waals surface area contributed by atoms with Gasteiger partial charge in [0.25, 0.3) is 5.56 Å². The van der Waals surface area contributed by atoms with Gasteiger partial charge in [0.05, 0.1) is 35.6 Å². The number of methoxy groups -OCH3 is 1. The first-order valence-corrected chi connectivity index (χ1v) is 15.2. The monoisotopic (exact) mass is 631 g/mol. The number of thiazole rings is 1. The smallest absolute Gasteiger partial charge is 0.338 e. The molecule has 2 aromatic heterocycles. The lowest BCUT2D eigenvalue weighted by atomic mass is 9.96. The second kappa shape index (κ2) is 11.9. The molecule has 0 radical (unpaired) electrons. The van der Waals surface area contributed by atoms with E-state index in [2.05, 4.69) is 9.56 Å². The summed E-state index contributed by atoms with van der Waals surface area (Å²) in [5.74, 6) is 0.175. The number of hydrogen-bond donors (Lipinski definition) is 0. The molecule has 0 saturated carbocycles. The lowest BCUT2D eigenvalue weighted by Gasteiger charge is -2.24. The van der Waals surface area contributed by atoms with Crippen LogP contribution < -0.4 is 19.6 Å². The van der Waals surface area contributed by atoms with Crippen molar-refractivity contribution < 1.29 is 14.3 Å². The zero-order valence-corrected chi connectivity index (χ0v) is 26.0. The summed E-state index contributed by atoms with van der Waals surface area (Å²) in [6.45, 7) is 4.27. The molecule has 3 heterocycles. The summed E-state index contributed by atoms with van der Waals surface area (Å²) in [6, 6.07) is 20.1. The molecule has 5 aromatic rings. The molecule has 1 aliphatic heterocycles. The van der Waals surface area contributed by atoms with Crippen molar-refractivity contribution in [2.75, 3.05) is 13.7 Å². The Hall–Kier alpha value is -4.11. The molecule has 0 bridgehead atoms. The first-order valence-electron chi connectivity index (χ1n) is 13.6. The zero-order chi connectivity index (χ0) is 30.2. The summed E-state index contributed by atoms with van der Waals surface area (Å²) >= 11 is 13.9. The Morgan fingerprint density at radius 1 is 1.09 bits per heavy atom. The number of carbonyl (C=O) groups excluding carboxylic acids is 1. The average Bonchev–Trinajstić information content (AvgIpc) is 3.50. The van der Waals surface area contributed by atoms with E-state index in [4.69, 9.17) is 32.7 Å². The molecule has 1 aliphatic rings. The summed E-state index contributed by atoms with van der Waals surface area (Å²) < 4.78 is 14.9. The molecule has 1 unspecified atom stereocenters. The molecule has 7 nitrogen and oxygen atoms in total. The van der Waals surface area contributed by atoms with Crippen LogP contribution in [0.5, 0.6) is 5.75 Å². The van der Waals surface area contributed by atoms with Crippen LogP contribution in [0.15, 0.2) is 94.0 Å². The molecule has 6 rings (SSSR count). The van der Waals surface area contributed by atoms with Gasteiger partial charge in [-0.05, 0) is 61.4 Å². The highest BCUT2D eigenvalue weighted by atomic mass is 35.5. The van der Waals surface area contributed by atoms with Crippen LogP contribution in [-0.2, 0) is 16.1 Å². The Kier molecular flexibility index (Phi) is 8.01. The van der Waals surface area contributed by atoms with E-state index in [0.29, 0.717) is 42.9 Å². The van der Waals surface area contributed by atoms with Crippen molar-refractivity contribution >= 4 is 57.5 Å². The Labute approximate surface area is 261 Å². The van der Waals surface area contributed by atoms with Gasteiger partial charge in [-0.3, -0.25) is 9.36 Å². The minimum Gasteiger partial charge on any atom is -0.497 e. The van der Waals surface area contributed by atoms with Crippen molar-refractivity contribution in [3.8, 4) is 5.75 Å². The van der Waals surface area contributed by atoms with Gasteiger partial charge < -0.3 is 14.0 Å². The van der Waals surface area contributed by atoms with Crippen LogP contribution in [0.25, 0.3) is 17.0 Å². The third-order valence-corrected chi connectivity index (χ3v) is 8.98. The Morgan fingerprint density at radius 3 is 2.58 bits per heavy atom. The number of para-hydroxylation sites is 1. The first-order chi connectivity index (χ1) is 20.8. The van der Waals surface area contributed by atoms with Crippen LogP contribution in [0, 0.1) is 0 Å². The molecule has 0 N–H and O–H groups in total. The number of esters is 1. The maximum absolute atomic E-state index is 14.1. The van der Waals surface area contributed by atoms with Crippen molar-refractivity contribution in [1.82, 2.24) is 9.13 Å². The number of allylic oxidation sites excluding steroid dienone is 1. The maximum atomic E-state index is 14.1. The van der Waals surface area contributed by atoms with Crippen molar-refractivity contribution in [3.63, 3.8) is 0 Å². The number of fused-ring (bicyclic) bond motifs is 2. The summed E-state index contributed by atoms with van der Waals surface area (Å²) in [5.41, 5.74) is 4.18. The Morgan fingerprint density at radius 2 is 1.86 bits per heavy atom. The van der Waals surface area contributed by atoms with E-state index in [1.807, 2.05) is 72.9 Å². The first kappa shape index (κ1) is 29.0. The van der Waals surface area contributed by atoms with Gasteiger partial charge in [-0.1, -0.05) is 70.9 Å². The molecule has 1 atom stereocenters. The van der Waals surface area contributed by atoms with Gasteiger partial charge in [-0.2, -0.15) is 0 Å². The average molecular weight is 633 g/mol. The van der Waals surface area contributed by atoms with Gasteiger partial charge in [-0.25, -0.2) is 9.79 Å². The lowest BCUT2D eigenvalue weighted by Crippen LogP contribution is -2.39. The number of halogens is 2. The largest absolute Gasteiger partial charge is 0.497 e. The predicted molar refractivity (Wildman–Crippen MR) is 171 cm³/mol. The molecule has 218 valence electrons. The van der Waals surface area contributed by atoms with Crippen LogP contribution in [0.1, 0.15) is 36.6 Å². The topological polar surface area (TPSA) is 74.8 Å². The third kappa shape index (κ3) is 5.42.